The maximum atomic E-state index is 13.4. The van der Waals surface area contributed by atoms with Gasteiger partial charge in [-0.3, -0.25) is 14.4 Å². The summed E-state index contributed by atoms with van der Waals surface area (Å²) < 4.78 is 34.2. The van der Waals surface area contributed by atoms with Crippen LogP contribution in [0.4, 0.5) is 0 Å². The van der Waals surface area contributed by atoms with Crippen molar-refractivity contribution in [2.24, 2.45) is 11.8 Å². The minimum Gasteiger partial charge on any atom is -0.493 e. The van der Waals surface area contributed by atoms with Crippen LogP contribution >= 0.6 is 0 Å². The summed E-state index contributed by atoms with van der Waals surface area (Å²) in [5, 5.41) is 0. The molecule has 224 valence electrons. The Labute approximate surface area is 241 Å². The number of ether oxygens (including phenoxy) is 6. The van der Waals surface area contributed by atoms with Crippen LogP contribution in [0.3, 0.4) is 0 Å². The second kappa shape index (κ2) is 16.0. The number of esters is 2. The average Bonchev–Trinajstić information content (AvgIpc) is 2.94. The average molecular weight is 572 g/mol. The Bertz CT molecular complexity index is 1140. The van der Waals surface area contributed by atoms with E-state index in [0.717, 1.165) is 12.8 Å². The zero-order chi connectivity index (χ0) is 29.8. The topological polar surface area (TPSA) is 119 Å². The van der Waals surface area contributed by atoms with Crippen molar-refractivity contribution in [3.63, 3.8) is 0 Å². The van der Waals surface area contributed by atoms with Gasteiger partial charge in [-0.05, 0) is 37.8 Å². The molecule has 41 heavy (non-hydrogen) atoms. The van der Waals surface area contributed by atoms with Crippen molar-refractivity contribution in [2.45, 2.75) is 78.1 Å². The molecule has 1 saturated heterocycles. The lowest BCUT2D eigenvalue weighted by atomic mass is 9.92. The third-order valence-electron chi connectivity index (χ3n) is 6.66. The summed E-state index contributed by atoms with van der Waals surface area (Å²) in [6.07, 6.45) is 2.53. The van der Waals surface area contributed by atoms with Crippen LogP contribution in [0.1, 0.15) is 70.3 Å². The fourth-order valence-corrected chi connectivity index (χ4v) is 4.60. The lowest BCUT2D eigenvalue weighted by Crippen LogP contribution is -2.46. The Hall–Kier alpha value is -3.66. The van der Waals surface area contributed by atoms with Crippen LogP contribution in [0.25, 0.3) is 0 Å². The molecule has 2 heterocycles. The van der Waals surface area contributed by atoms with Crippen molar-refractivity contribution in [2.75, 3.05) is 20.5 Å². The molecule has 0 radical (unpaired) electrons. The third kappa shape index (κ3) is 9.74. The van der Waals surface area contributed by atoms with E-state index in [0.29, 0.717) is 31.1 Å². The highest BCUT2D eigenvalue weighted by Gasteiger charge is 2.36. The van der Waals surface area contributed by atoms with E-state index >= 15 is 0 Å². The van der Waals surface area contributed by atoms with Crippen LogP contribution in [-0.4, -0.2) is 61.5 Å². The van der Waals surface area contributed by atoms with E-state index in [4.69, 9.17) is 28.4 Å². The highest BCUT2D eigenvalue weighted by molar-refractivity contribution is 5.99. The number of hydrogen-bond donors (Lipinski definition) is 0. The van der Waals surface area contributed by atoms with Crippen molar-refractivity contribution < 1.29 is 42.8 Å². The Morgan fingerprint density at radius 1 is 1.10 bits per heavy atom. The van der Waals surface area contributed by atoms with Gasteiger partial charge in [0.2, 0.25) is 6.79 Å². The summed E-state index contributed by atoms with van der Waals surface area (Å²) in [6, 6.07) is 10.9. The molecule has 2 aromatic rings. The molecule has 0 amide bonds. The summed E-state index contributed by atoms with van der Waals surface area (Å²) in [5.74, 6) is -0.826. The molecular formula is C31H41NO9. The molecule has 0 spiro atoms. The first-order valence-electron chi connectivity index (χ1n) is 14.1. The molecule has 4 atom stereocenters. The number of rotatable bonds is 12. The minimum absolute atomic E-state index is 0.0121. The van der Waals surface area contributed by atoms with Gasteiger partial charge in [0.25, 0.3) is 0 Å². The van der Waals surface area contributed by atoms with Gasteiger partial charge in [-0.15, -0.1) is 0 Å². The molecule has 10 heteroatoms. The molecule has 1 aromatic carbocycles. The number of carbonyl (C=O) groups is 3. The van der Waals surface area contributed by atoms with E-state index in [1.807, 2.05) is 30.3 Å². The number of carbonyl (C=O) groups excluding carboxylic acids is 3. The fourth-order valence-electron chi connectivity index (χ4n) is 4.60. The van der Waals surface area contributed by atoms with Gasteiger partial charge in [0, 0.05) is 32.2 Å². The van der Waals surface area contributed by atoms with E-state index in [9.17, 15) is 14.4 Å². The first-order valence-corrected chi connectivity index (χ1v) is 14.1. The number of benzene rings is 1. The number of nitrogens with zero attached hydrogens (tertiary/aromatic N) is 1. The van der Waals surface area contributed by atoms with Gasteiger partial charge in [-0.2, -0.15) is 0 Å². The summed E-state index contributed by atoms with van der Waals surface area (Å²) in [4.78, 5) is 42.2. The second-order valence-electron chi connectivity index (χ2n) is 10.5. The molecule has 3 rings (SSSR count). The van der Waals surface area contributed by atoms with Crippen molar-refractivity contribution in [1.29, 1.82) is 0 Å². The predicted molar refractivity (Wildman–Crippen MR) is 150 cm³/mol. The number of ketones is 1. The Morgan fingerprint density at radius 3 is 2.51 bits per heavy atom. The molecule has 0 bridgehead atoms. The normalized spacial score (nSPS) is 21.5. The summed E-state index contributed by atoms with van der Waals surface area (Å²) in [7, 11) is 1.42. The third-order valence-corrected chi connectivity index (χ3v) is 6.66. The smallest absolute Gasteiger partial charge is 0.309 e. The number of cyclic esters (lactones) is 1. The van der Waals surface area contributed by atoms with E-state index in [2.05, 4.69) is 18.8 Å². The fraction of sp³-hybridized carbons (Fsp3) is 0.548. The van der Waals surface area contributed by atoms with Gasteiger partial charge in [-0.25, -0.2) is 4.98 Å². The predicted octanol–water partition coefficient (Wildman–Crippen LogP) is 5.17. The van der Waals surface area contributed by atoms with Gasteiger partial charge in [0.15, 0.2) is 29.1 Å². The quantitative estimate of drug-likeness (QED) is 0.192. The molecule has 0 aliphatic carbocycles. The molecule has 1 aliphatic rings. The first-order chi connectivity index (χ1) is 19.7. The van der Waals surface area contributed by atoms with Crippen LogP contribution in [-0.2, 0) is 23.8 Å². The molecule has 1 aliphatic heterocycles. The monoisotopic (exact) mass is 571 g/mol. The minimum atomic E-state index is -0.690. The van der Waals surface area contributed by atoms with Crippen molar-refractivity contribution in [3.8, 4) is 17.2 Å². The molecule has 0 N–H and O–H groups in total. The molecule has 0 saturated carbocycles. The largest absolute Gasteiger partial charge is 0.493 e. The highest BCUT2D eigenvalue weighted by Crippen LogP contribution is 2.32. The summed E-state index contributed by atoms with van der Waals surface area (Å²) >= 11 is 0. The van der Waals surface area contributed by atoms with Crippen LogP contribution in [0.2, 0.25) is 0 Å². The van der Waals surface area contributed by atoms with E-state index in [1.54, 1.807) is 6.92 Å². The second-order valence-corrected chi connectivity index (χ2v) is 10.5. The van der Waals surface area contributed by atoms with E-state index in [1.165, 1.54) is 26.3 Å². The first kappa shape index (κ1) is 31.9. The van der Waals surface area contributed by atoms with E-state index < -0.39 is 42.6 Å². The number of pyridine rings is 1. The zero-order valence-corrected chi connectivity index (χ0v) is 24.5. The number of para-hydroxylation sites is 1. The number of hydrogen-bond acceptors (Lipinski definition) is 10. The molecule has 10 nitrogen and oxygen atoms in total. The van der Waals surface area contributed by atoms with Crippen LogP contribution < -0.4 is 14.2 Å². The van der Waals surface area contributed by atoms with Crippen LogP contribution in [0.15, 0.2) is 42.6 Å². The van der Waals surface area contributed by atoms with Crippen LogP contribution in [0.5, 0.6) is 17.2 Å². The lowest BCUT2D eigenvalue weighted by Gasteiger charge is -2.34. The SMILES string of the molecule is COc1ccnc(C(=O)C[C@H]2CCCC[C@H](OCC(C)C)[C@@H](Oc3ccccc3)[C@H](C)OC2=O)c1OCOC(C)=O. The number of aromatic nitrogens is 1. The highest BCUT2D eigenvalue weighted by atomic mass is 16.7. The van der Waals surface area contributed by atoms with Crippen molar-refractivity contribution in [1.82, 2.24) is 4.98 Å². The van der Waals surface area contributed by atoms with Gasteiger partial charge < -0.3 is 28.4 Å². The Balaban J connectivity index is 1.78. The molecule has 0 unspecified atom stereocenters. The number of methoxy groups -OCH3 is 1. The van der Waals surface area contributed by atoms with Gasteiger partial charge in [0.1, 0.15) is 11.9 Å². The summed E-state index contributed by atoms with van der Waals surface area (Å²) in [6.45, 7) is 7.36. The van der Waals surface area contributed by atoms with Gasteiger partial charge in [-0.1, -0.05) is 44.9 Å². The van der Waals surface area contributed by atoms with Crippen molar-refractivity contribution in [3.05, 3.63) is 48.3 Å². The zero-order valence-electron chi connectivity index (χ0n) is 24.5. The molecule has 1 aromatic heterocycles. The van der Waals surface area contributed by atoms with Crippen molar-refractivity contribution >= 4 is 17.7 Å². The maximum absolute atomic E-state index is 13.4. The molecule has 1 fully saturated rings. The maximum Gasteiger partial charge on any atom is 0.309 e. The number of Topliss-reactive ketones (excluding diaryl/α,β-unsaturated/α-hetero) is 1. The van der Waals surface area contributed by atoms with Gasteiger partial charge in [0.05, 0.1) is 19.1 Å². The summed E-state index contributed by atoms with van der Waals surface area (Å²) in [5.41, 5.74) is -0.0121. The van der Waals surface area contributed by atoms with E-state index in [-0.39, 0.29) is 29.7 Å². The van der Waals surface area contributed by atoms with Crippen LogP contribution in [0, 0.1) is 11.8 Å². The lowest BCUT2D eigenvalue weighted by molar-refractivity contribution is -0.165. The van der Waals surface area contributed by atoms with Gasteiger partial charge >= 0.3 is 11.9 Å². The standard InChI is InChI=1S/C31H41NO9/c1-20(2)18-37-27-14-10-9-11-23(31(35)40-21(3)29(27)41-24-12-7-6-8-13-24)17-25(34)28-30(39-19-38-22(4)33)26(36-5)15-16-32-28/h6-8,12-13,15-16,20-21,23,27,29H,9-11,14,17-19H2,1-5H3/t21-,23+,27-,29-/m0/s1. The Morgan fingerprint density at radius 2 is 1.83 bits per heavy atom. The Kier molecular flexibility index (Phi) is 12.4. The molecular weight excluding hydrogens is 530 g/mol.